The molecule has 5 heteroatoms. The molecule has 2 unspecified atom stereocenters. The van der Waals surface area contributed by atoms with Crippen LogP contribution in [0, 0.1) is 0 Å². The number of unbranched alkanes of at least 4 members (excludes halogenated alkanes) is 3. The summed E-state index contributed by atoms with van der Waals surface area (Å²) in [6.45, 7) is 9.41. The van der Waals surface area contributed by atoms with Gasteiger partial charge in [-0.25, -0.2) is 0 Å². The van der Waals surface area contributed by atoms with E-state index in [-0.39, 0.29) is 5.97 Å². The fraction of sp³-hybridized carbons (Fsp3) is 0.938. The van der Waals surface area contributed by atoms with Crippen LogP contribution in [-0.2, 0) is 9.53 Å². The van der Waals surface area contributed by atoms with Crippen molar-refractivity contribution in [3.63, 3.8) is 0 Å². The van der Waals surface area contributed by atoms with Gasteiger partial charge in [-0.15, -0.1) is 0 Å². The minimum absolute atomic E-state index is 0.295. The molecule has 0 radical (unpaired) electrons. The van der Waals surface area contributed by atoms with Gasteiger partial charge in [0.05, 0.1) is 11.6 Å². The first-order valence-electron chi connectivity index (χ1n) is 7.99. The molecule has 0 aliphatic carbocycles. The quantitative estimate of drug-likeness (QED) is 0.583. The van der Waals surface area contributed by atoms with Crippen LogP contribution in [0.25, 0.3) is 0 Å². The van der Waals surface area contributed by atoms with Gasteiger partial charge in [-0.2, -0.15) is 5.06 Å². The Labute approximate surface area is 128 Å². The van der Waals surface area contributed by atoms with Gasteiger partial charge in [-0.3, -0.25) is 4.79 Å². The second-order valence-electron chi connectivity index (χ2n) is 7.27. The summed E-state index contributed by atoms with van der Waals surface area (Å²) in [7, 11) is 0. The molecule has 0 spiro atoms. The first-order chi connectivity index (χ1) is 9.63. The summed E-state index contributed by atoms with van der Waals surface area (Å²) in [6.07, 6.45) is 3.31. The van der Waals surface area contributed by atoms with Crippen molar-refractivity contribution in [1.82, 2.24) is 5.06 Å². The lowest BCUT2D eigenvalue weighted by atomic mass is 9.78. The molecule has 21 heavy (non-hydrogen) atoms. The monoisotopic (exact) mass is 301 g/mol. The summed E-state index contributed by atoms with van der Waals surface area (Å²) in [5, 5.41) is 21.9. The molecular weight excluding hydrogens is 270 g/mol. The first-order valence-corrected chi connectivity index (χ1v) is 7.99. The Kier molecular flexibility index (Phi) is 6.20. The van der Waals surface area contributed by atoms with Gasteiger partial charge < -0.3 is 15.1 Å². The van der Waals surface area contributed by atoms with E-state index in [0.29, 0.717) is 12.8 Å². The van der Waals surface area contributed by atoms with Crippen LogP contribution in [0.1, 0.15) is 73.1 Å². The molecule has 1 saturated heterocycles. The number of nitrogens with zero attached hydrogens (tertiary/aromatic N) is 1. The van der Waals surface area contributed by atoms with E-state index in [1.54, 1.807) is 13.8 Å². The lowest BCUT2D eigenvalue weighted by molar-refractivity contribution is -0.293. The Bertz CT molecular complexity index is 354. The average molecular weight is 301 g/mol. The van der Waals surface area contributed by atoms with Gasteiger partial charge >= 0.3 is 5.97 Å². The van der Waals surface area contributed by atoms with Crippen molar-refractivity contribution in [2.45, 2.75) is 96.4 Å². The molecule has 1 fully saturated rings. The maximum Gasteiger partial charge on any atom is 0.306 e. The van der Waals surface area contributed by atoms with E-state index in [2.05, 4.69) is 6.92 Å². The van der Waals surface area contributed by atoms with Gasteiger partial charge in [-0.1, -0.05) is 26.2 Å². The molecule has 1 rings (SSSR count). The van der Waals surface area contributed by atoms with Crippen molar-refractivity contribution in [1.29, 1.82) is 0 Å². The zero-order chi connectivity index (χ0) is 16.3. The van der Waals surface area contributed by atoms with Crippen LogP contribution >= 0.6 is 0 Å². The maximum absolute atomic E-state index is 11.9. The third kappa shape index (κ3) is 4.41. The van der Waals surface area contributed by atoms with E-state index in [1.165, 1.54) is 5.06 Å². The highest BCUT2D eigenvalue weighted by molar-refractivity contribution is 5.69. The molecule has 0 saturated carbocycles. The van der Waals surface area contributed by atoms with Gasteiger partial charge in [0.1, 0.15) is 6.10 Å². The highest BCUT2D eigenvalue weighted by Gasteiger charge is 2.53. The van der Waals surface area contributed by atoms with E-state index < -0.39 is 23.3 Å². The van der Waals surface area contributed by atoms with Crippen LogP contribution in [-0.4, -0.2) is 44.6 Å². The van der Waals surface area contributed by atoms with Gasteiger partial charge in [-0.05, 0) is 40.5 Å². The predicted molar refractivity (Wildman–Crippen MR) is 81.0 cm³/mol. The van der Waals surface area contributed by atoms with Crippen LogP contribution in [0.3, 0.4) is 0 Å². The standard InChI is InChI=1S/C16H31NO4/c1-6-7-8-9-10-13(19)21-14-12(18)11-15(2,3)17(20)16(14,4)5/h12,14,18,20H,6-11H2,1-5H3. The Hall–Kier alpha value is -0.650. The van der Waals surface area contributed by atoms with Crippen LogP contribution < -0.4 is 0 Å². The number of piperidine rings is 1. The number of ether oxygens (including phenoxy) is 1. The molecule has 0 aromatic carbocycles. The molecular formula is C16H31NO4. The molecule has 1 aliphatic rings. The predicted octanol–water partition coefficient (Wildman–Crippen LogP) is 2.88. The Morgan fingerprint density at radius 3 is 2.43 bits per heavy atom. The number of aliphatic hydroxyl groups is 1. The van der Waals surface area contributed by atoms with Crippen LogP contribution in [0.2, 0.25) is 0 Å². The van der Waals surface area contributed by atoms with E-state index >= 15 is 0 Å². The lowest BCUT2D eigenvalue weighted by Crippen LogP contribution is -2.68. The highest BCUT2D eigenvalue weighted by atomic mass is 16.6. The Balaban J connectivity index is 2.62. The third-order valence-corrected chi connectivity index (χ3v) is 4.37. The molecule has 5 nitrogen and oxygen atoms in total. The number of aliphatic hydroxyl groups excluding tert-OH is 1. The minimum atomic E-state index is -0.819. The smallest absolute Gasteiger partial charge is 0.306 e. The summed E-state index contributed by atoms with van der Waals surface area (Å²) in [5.41, 5.74) is -1.37. The summed E-state index contributed by atoms with van der Waals surface area (Å²) in [4.78, 5) is 11.9. The molecule has 0 bridgehead atoms. The first kappa shape index (κ1) is 18.4. The minimum Gasteiger partial charge on any atom is -0.458 e. The van der Waals surface area contributed by atoms with Crippen molar-refractivity contribution in [2.75, 3.05) is 0 Å². The van der Waals surface area contributed by atoms with E-state index in [4.69, 9.17) is 4.74 Å². The Morgan fingerprint density at radius 2 is 1.86 bits per heavy atom. The number of carbonyl (C=O) groups is 1. The van der Waals surface area contributed by atoms with Gasteiger partial charge in [0.15, 0.2) is 0 Å². The molecule has 2 atom stereocenters. The molecule has 0 aromatic heterocycles. The zero-order valence-corrected chi connectivity index (χ0v) is 14.1. The van der Waals surface area contributed by atoms with Crippen molar-refractivity contribution < 1.29 is 19.8 Å². The summed E-state index contributed by atoms with van der Waals surface area (Å²) in [6, 6.07) is 0. The van der Waals surface area contributed by atoms with Crippen LogP contribution in [0.5, 0.6) is 0 Å². The van der Waals surface area contributed by atoms with E-state index in [9.17, 15) is 15.1 Å². The van der Waals surface area contributed by atoms with E-state index in [1.807, 2.05) is 13.8 Å². The largest absolute Gasteiger partial charge is 0.458 e. The molecule has 0 aromatic rings. The normalized spacial score (nSPS) is 28.3. The molecule has 124 valence electrons. The summed E-state index contributed by atoms with van der Waals surface area (Å²) < 4.78 is 5.47. The number of rotatable bonds is 6. The third-order valence-electron chi connectivity index (χ3n) is 4.37. The van der Waals surface area contributed by atoms with Crippen molar-refractivity contribution >= 4 is 5.97 Å². The molecule has 1 aliphatic heterocycles. The number of esters is 1. The number of hydrogen-bond acceptors (Lipinski definition) is 5. The average Bonchev–Trinajstić information content (AvgIpc) is 2.37. The topological polar surface area (TPSA) is 70.0 Å². The second kappa shape index (κ2) is 7.07. The number of carbonyl (C=O) groups excluding carboxylic acids is 1. The Morgan fingerprint density at radius 1 is 1.24 bits per heavy atom. The molecule has 1 heterocycles. The number of hydrogen-bond donors (Lipinski definition) is 2. The maximum atomic E-state index is 11.9. The van der Waals surface area contributed by atoms with Crippen molar-refractivity contribution in [3.8, 4) is 0 Å². The van der Waals surface area contributed by atoms with Crippen LogP contribution in [0.4, 0.5) is 0 Å². The zero-order valence-electron chi connectivity index (χ0n) is 14.1. The fourth-order valence-electron chi connectivity index (χ4n) is 3.20. The van der Waals surface area contributed by atoms with Crippen molar-refractivity contribution in [2.24, 2.45) is 0 Å². The van der Waals surface area contributed by atoms with Gasteiger partial charge in [0.2, 0.25) is 0 Å². The van der Waals surface area contributed by atoms with Crippen LogP contribution in [0.15, 0.2) is 0 Å². The molecule has 2 N–H and O–H groups in total. The summed E-state index contributed by atoms with van der Waals surface area (Å²) >= 11 is 0. The SMILES string of the molecule is CCCCCCC(=O)OC1C(O)CC(C)(C)N(O)C1(C)C. The lowest BCUT2D eigenvalue weighted by Gasteiger charge is -2.53. The van der Waals surface area contributed by atoms with Gasteiger partial charge in [0, 0.05) is 12.0 Å². The van der Waals surface area contributed by atoms with E-state index in [0.717, 1.165) is 25.7 Å². The number of hydroxylamine groups is 2. The van der Waals surface area contributed by atoms with Crippen molar-refractivity contribution in [3.05, 3.63) is 0 Å². The molecule has 0 amide bonds. The fourth-order valence-corrected chi connectivity index (χ4v) is 3.20. The highest BCUT2D eigenvalue weighted by Crippen LogP contribution is 2.38. The van der Waals surface area contributed by atoms with Gasteiger partial charge in [0.25, 0.3) is 0 Å². The summed E-state index contributed by atoms with van der Waals surface area (Å²) in [5.74, 6) is -0.295. The second-order valence-corrected chi connectivity index (χ2v) is 7.27.